The first-order chi connectivity index (χ1) is 7.00. The fraction of sp³-hybridized carbons (Fsp3) is 0.111. The van der Waals surface area contributed by atoms with E-state index in [1.165, 1.54) is 25.1 Å². The van der Waals surface area contributed by atoms with Crippen molar-refractivity contribution in [3.63, 3.8) is 0 Å². The Kier molecular flexibility index (Phi) is 3.12. The second kappa shape index (κ2) is 4.32. The number of aliphatic carboxylic acids is 1. The molecular formula is C9H8N2O4. The van der Waals surface area contributed by atoms with Crippen LogP contribution >= 0.6 is 0 Å². The predicted octanol–water partition coefficient (Wildman–Crippen LogP) is 1.40. The summed E-state index contributed by atoms with van der Waals surface area (Å²) in [5.74, 6) is -1.09. The molecule has 1 aromatic heterocycles. The number of hydrogen-bond acceptors (Lipinski definition) is 4. The van der Waals surface area contributed by atoms with Crippen LogP contribution in [0.25, 0.3) is 6.08 Å². The monoisotopic (exact) mass is 208 g/mol. The maximum Gasteiger partial charge on any atom is 0.328 e. The van der Waals surface area contributed by atoms with Gasteiger partial charge in [-0.25, -0.2) is 9.78 Å². The number of carbonyl (C=O) groups is 1. The molecule has 0 unspecified atom stereocenters. The highest BCUT2D eigenvalue weighted by Crippen LogP contribution is 2.15. The normalized spacial score (nSPS) is 10.5. The molecule has 0 saturated heterocycles. The molecule has 0 amide bonds. The third kappa shape index (κ3) is 2.87. The summed E-state index contributed by atoms with van der Waals surface area (Å²) in [5, 5.41) is 18.8. The lowest BCUT2D eigenvalue weighted by Gasteiger charge is -1.97. The molecule has 0 aliphatic heterocycles. The third-order valence-electron chi connectivity index (χ3n) is 1.67. The molecule has 6 heteroatoms. The Morgan fingerprint density at radius 2 is 2.27 bits per heavy atom. The summed E-state index contributed by atoms with van der Waals surface area (Å²) in [6.45, 7) is 1.50. The number of nitro groups is 1. The second-order valence-electron chi connectivity index (χ2n) is 2.77. The van der Waals surface area contributed by atoms with Gasteiger partial charge < -0.3 is 5.11 Å². The van der Waals surface area contributed by atoms with Crippen LogP contribution in [0.4, 0.5) is 5.69 Å². The standard InChI is InChI=1S/C9H8N2O4/c1-6-8(11(14)15)4-2-7(10-6)3-5-9(12)13/h2-5H,1H3,(H,12,13)/b5-3+. The van der Waals surface area contributed by atoms with Crippen LogP contribution in [0.2, 0.25) is 0 Å². The molecule has 1 aromatic rings. The van der Waals surface area contributed by atoms with Crippen LogP contribution in [0, 0.1) is 17.0 Å². The van der Waals surface area contributed by atoms with Gasteiger partial charge in [0.15, 0.2) is 0 Å². The molecule has 0 aliphatic rings. The van der Waals surface area contributed by atoms with Gasteiger partial charge in [-0.2, -0.15) is 0 Å². The van der Waals surface area contributed by atoms with Crippen molar-refractivity contribution >= 4 is 17.7 Å². The van der Waals surface area contributed by atoms with Crippen molar-refractivity contribution in [2.45, 2.75) is 6.92 Å². The molecule has 1 heterocycles. The van der Waals surface area contributed by atoms with Crippen molar-refractivity contribution in [1.82, 2.24) is 4.98 Å². The fourth-order valence-electron chi connectivity index (χ4n) is 1.02. The Hall–Kier alpha value is -2.24. The number of aromatic nitrogens is 1. The van der Waals surface area contributed by atoms with Gasteiger partial charge >= 0.3 is 5.97 Å². The van der Waals surface area contributed by atoms with Gasteiger partial charge in [0.2, 0.25) is 0 Å². The smallest absolute Gasteiger partial charge is 0.328 e. The van der Waals surface area contributed by atoms with Gasteiger partial charge in [0.25, 0.3) is 5.69 Å². The molecule has 6 nitrogen and oxygen atoms in total. The van der Waals surface area contributed by atoms with Gasteiger partial charge in [0.1, 0.15) is 5.69 Å². The van der Waals surface area contributed by atoms with Crippen molar-refractivity contribution in [2.75, 3.05) is 0 Å². The van der Waals surface area contributed by atoms with E-state index in [4.69, 9.17) is 5.11 Å². The number of nitrogens with zero attached hydrogens (tertiary/aromatic N) is 2. The Morgan fingerprint density at radius 1 is 1.60 bits per heavy atom. The summed E-state index contributed by atoms with van der Waals surface area (Å²) in [4.78, 5) is 24.0. The van der Waals surface area contributed by atoms with Crippen LogP contribution in [0.3, 0.4) is 0 Å². The number of carboxylic acids is 1. The number of rotatable bonds is 3. The van der Waals surface area contributed by atoms with Crippen LogP contribution in [-0.2, 0) is 4.79 Å². The minimum Gasteiger partial charge on any atom is -0.478 e. The zero-order valence-corrected chi connectivity index (χ0v) is 7.88. The number of pyridine rings is 1. The van der Waals surface area contributed by atoms with E-state index in [1.54, 1.807) is 0 Å². The van der Waals surface area contributed by atoms with Gasteiger partial charge in [-0.15, -0.1) is 0 Å². The maximum atomic E-state index is 10.5. The fourth-order valence-corrected chi connectivity index (χ4v) is 1.02. The van der Waals surface area contributed by atoms with Gasteiger partial charge in [-0.3, -0.25) is 10.1 Å². The summed E-state index contributed by atoms with van der Waals surface area (Å²) in [7, 11) is 0. The summed E-state index contributed by atoms with van der Waals surface area (Å²) >= 11 is 0. The van der Waals surface area contributed by atoms with Gasteiger partial charge in [-0.05, 0) is 19.1 Å². The molecule has 0 aromatic carbocycles. The second-order valence-corrected chi connectivity index (χ2v) is 2.77. The molecular weight excluding hydrogens is 200 g/mol. The lowest BCUT2D eigenvalue weighted by molar-refractivity contribution is -0.385. The molecule has 0 spiro atoms. The Balaban J connectivity index is 3.01. The van der Waals surface area contributed by atoms with Crippen molar-refractivity contribution in [3.05, 3.63) is 39.7 Å². The first kappa shape index (κ1) is 10.8. The highest BCUT2D eigenvalue weighted by atomic mass is 16.6. The van der Waals surface area contributed by atoms with Crippen LogP contribution < -0.4 is 0 Å². The minimum absolute atomic E-state index is 0.0810. The number of aryl methyl sites for hydroxylation is 1. The van der Waals surface area contributed by atoms with Crippen molar-refractivity contribution < 1.29 is 14.8 Å². The zero-order valence-electron chi connectivity index (χ0n) is 7.88. The Labute approximate surface area is 85.0 Å². The molecule has 0 fully saturated rings. The molecule has 78 valence electrons. The lowest BCUT2D eigenvalue weighted by Crippen LogP contribution is -1.95. The van der Waals surface area contributed by atoms with Crippen LogP contribution in [0.15, 0.2) is 18.2 Å². The van der Waals surface area contributed by atoms with E-state index in [0.29, 0.717) is 5.69 Å². The summed E-state index contributed by atoms with van der Waals surface area (Å²) < 4.78 is 0. The predicted molar refractivity (Wildman–Crippen MR) is 52.3 cm³/mol. The molecule has 0 saturated carbocycles. The average Bonchev–Trinajstić information content (AvgIpc) is 2.14. The first-order valence-corrected chi connectivity index (χ1v) is 4.04. The van der Waals surface area contributed by atoms with Crippen molar-refractivity contribution in [1.29, 1.82) is 0 Å². The van der Waals surface area contributed by atoms with E-state index >= 15 is 0 Å². The van der Waals surface area contributed by atoms with Crippen LogP contribution in [0.5, 0.6) is 0 Å². The van der Waals surface area contributed by atoms with E-state index in [0.717, 1.165) is 6.08 Å². The maximum absolute atomic E-state index is 10.5. The zero-order chi connectivity index (χ0) is 11.4. The highest BCUT2D eigenvalue weighted by Gasteiger charge is 2.10. The van der Waals surface area contributed by atoms with Gasteiger partial charge in [-0.1, -0.05) is 0 Å². The third-order valence-corrected chi connectivity index (χ3v) is 1.67. The van der Waals surface area contributed by atoms with Crippen molar-refractivity contribution in [2.24, 2.45) is 0 Å². The van der Waals surface area contributed by atoms with E-state index in [2.05, 4.69) is 4.98 Å². The lowest BCUT2D eigenvalue weighted by atomic mass is 10.2. The molecule has 15 heavy (non-hydrogen) atoms. The van der Waals surface area contributed by atoms with Gasteiger partial charge in [0, 0.05) is 12.1 Å². The average molecular weight is 208 g/mol. The number of carboxylic acid groups (broad SMARTS) is 1. The molecule has 0 aliphatic carbocycles. The minimum atomic E-state index is -1.09. The van der Waals surface area contributed by atoms with Crippen LogP contribution in [0.1, 0.15) is 11.4 Å². The van der Waals surface area contributed by atoms with Crippen LogP contribution in [-0.4, -0.2) is 21.0 Å². The summed E-state index contributed by atoms with van der Waals surface area (Å²) in [6, 6.07) is 2.69. The molecule has 1 rings (SSSR count). The van der Waals surface area contributed by atoms with Crippen molar-refractivity contribution in [3.8, 4) is 0 Å². The molecule has 1 N–H and O–H groups in total. The van der Waals surface area contributed by atoms with Gasteiger partial charge in [0.05, 0.1) is 10.6 Å². The van der Waals surface area contributed by atoms with E-state index in [1.807, 2.05) is 0 Å². The largest absolute Gasteiger partial charge is 0.478 e. The van der Waals surface area contributed by atoms with E-state index in [-0.39, 0.29) is 11.4 Å². The highest BCUT2D eigenvalue weighted by molar-refractivity contribution is 5.84. The summed E-state index contributed by atoms with van der Waals surface area (Å²) in [5.41, 5.74) is 0.551. The number of hydrogen-bond donors (Lipinski definition) is 1. The Bertz CT molecular complexity index is 440. The van der Waals surface area contributed by atoms with E-state index in [9.17, 15) is 14.9 Å². The van der Waals surface area contributed by atoms with E-state index < -0.39 is 10.9 Å². The molecule has 0 atom stereocenters. The molecule has 0 radical (unpaired) electrons. The topological polar surface area (TPSA) is 93.3 Å². The Morgan fingerprint density at radius 3 is 2.73 bits per heavy atom. The first-order valence-electron chi connectivity index (χ1n) is 4.04. The molecule has 0 bridgehead atoms. The quantitative estimate of drug-likeness (QED) is 0.460. The SMILES string of the molecule is Cc1nc(/C=C/C(=O)O)ccc1[N+](=O)[O-]. The summed E-state index contributed by atoms with van der Waals surface area (Å²) in [6.07, 6.45) is 2.20.